The standard InChI is InChI=1S/C8H16O5/c1-4-5(9)6(10)7(11-2)8(12-3)13-4/h4-10H,1-3H3/t4-,5-,6-,7+,8+/m1/s1. The van der Waals surface area contributed by atoms with Gasteiger partial charge >= 0.3 is 0 Å². The lowest BCUT2D eigenvalue weighted by molar-refractivity contribution is -0.291. The van der Waals surface area contributed by atoms with Crippen molar-refractivity contribution in [3.8, 4) is 0 Å². The van der Waals surface area contributed by atoms with Crippen molar-refractivity contribution in [3.63, 3.8) is 0 Å². The Bertz CT molecular complexity index is 161. The molecule has 5 atom stereocenters. The molecule has 0 unspecified atom stereocenters. The highest BCUT2D eigenvalue weighted by Crippen LogP contribution is 2.22. The average molecular weight is 192 g/mol. The number of aliphatic hydroxyl groups is 2. The third-order valence-corrected chi connectivity index (χ3v) is 2.29. The van der Waals surface area contributed by atoms with E-state index >= 15 is 0 Å². The smallest absolute Gasteiger partial charge is 0.186 e. The quantitative estimate of drug-likeness (QED) is 0.594. The summed E-state index contributed by atoms with van der Waals surface area (Å²) in [4.78, 5) is 0. The highest BCUT2D eigenvalue weighted by atomic mass is 16.7. The molecule has 0 spiro atoms. The maximum Gasteiger partial charge on any atom is 0.186 e. The summed E-state index contributed by atoms with van der Waals surface area (Å²) < 4.78 is 15.2. The van der Waals surface area contributed by atoms with Gasteiger partial charge in [0.25, 0.3) is 0 Å². The third-order valence-electron chi connectivity index (χ3n) is 2.29. The Labute approximate surface area is 77.2 Å². The van der Waals surface area contributed by atoms with Gasteiger partial charge in [0.1, 0.15) is 18.3 Å². The van der Waals surface area contributed by atoms with Gasteiger partial charge < -0.3 is 24.4 Å². The second kappa shape index (κ2) is 4.34. The van der Waals surface area contributed by atoms with Crippen LogP contribution in [0.3, 0.4) is 0 Å². The minimum Gasteiger partial charge on any atom is -0.388 e. The highest BCUT2D eigenvalue weighted by molar-refractivity contribution is 4.87. The van der Waals surface area contributed by atoms with Crippen LogP contribution in [0.2, 0.25) is 0 Å². The van der Waals surface area contributed by atoms with Gasteiger partial charge in [-0.05, 0) is 6.92 Å². The van der Waals surface area contributed by atoms with Gasteiger partial charge in [0.2, 0.25) is 0 Å². The molecular weight excluding hydrogens is 176 g/mol. The lowest BCUT2D eigenvalue weighted by Gasteiger charge is -2.39. The molecule has 1 aliphatic rings. The van der Waals surface area contributed by atoms with E-state index in [0.29, 0.717) is 0 Å². The molecule has 1 saturated heterocycles. The van der Waals surface area contributed by atoms with Crippen molar-refractivity contribution < 1.29 is 24.4 Å². The Morgan fingerprint density at radius 2 is 1.69 bits per heavy atom. The molecule has 1 heterocycles. The summed E-state index contributed by atoms with van der Waals surface area (Å²) in [5, 5.41) is 19.0. The fourth-order valence-corrected chi connectivity index (χ4v) is 1.44. The second-order valence-electron chi connectivity index (χ2n) is 3.13. The topological polar surface area (TPSA) is 68.2 Å². The van der Waals surface area contributed by atoms with Gasteiger partial charge in [0, 0.05) is 14.2 Å². The number of ether oxygens (including phenoxy) is 3. The Hall–Kier alpha value is -0.200. The predicted molar refractivity (Wildman–Crippen MR) is 44.2 cm³/mol. The van der Waals surface area contributed by atoms with Crippen LogP contribution in [0.15, 0.2) is 0 Å². The van der Waals surface area contributed by atoms with E-state index in [0.717, 1.165) is 0 Å². The van der Waals surface area contributed by atoms with Crippen LogP contribution in [0.1, 0.15) is 6.92 Å². The van der Waals surface area contributed by atoms with Crippen molar-refractivity contribution in [2.45, 2.75) is 37.6 Å². The molecule has 0 saturated carbocycles. The lowest BCUT2D eigenvalue weighted by Crippen LogP contribution is -2.57. The van der Waals surface area contributed by atoms with Crippen LogP contribution in [0, 0.1) is 0 Å². The lowest BCUT2D eigenvalue weighted by atomic mass is 10.00. The van der Waals surface area contributed by atoms with Crippen molar-refractivity contribution in [1.82, 2.24) is 0 Å². The van der Waals surface area contributed by atoms with Crippen LogP contribution >= 0.6 is 0 Å². The van der Waals surface area contributed by atoms with E-state index in [1.165, 1.54) is 14.2 Å². The molecule has 5 heteroatoms. The SMILES string of the molecule is CO[C@H]1O[C@H](C)[C@@H](O)[C@@H](O)[C@@H]1OC. The van der Waals surface area contributed by atoms with E-state index in [1.807, 2.05) is 0 Å². The molecule has 0 aromatic rings. The first-order chi connectivity index (χ1) is 6.11. The van der Waals surface area contributed by atoms with Crippen LogP contribution in [-0.2, 0) is 14.2 Å². The molecule has 78 valence electrons. The minimum absolute atomic E-state index is 0.452. The largest absolute Gasteiger partial charge is 0.388 e. The minimum atomic E-state index is -0.973. The molecule has 0 aromatic carbocycles. The van der Waals surface area contributed by atoms with Gasteiger partial charge in [-0.2, -0.15) is 0 Å². The van der Waals surface area contributed by atoms with E-state index in [4.69, 9.17) is 14.2 Å². The first-order valence-corrected chi connectivity index (χ1v) is 4.19. The molecule has 0 aromatic heterocycles. The summed E-state index contributed by atoms with van der Waals surface area (Å²) in [5.74, 6) is 0. The van der Waals surface area contributed by atoms with Gasteiger partial charge in [-0.1, -0.05) is 0 Å². The van der Waals surface area contributed by atoms with Crippen molar-refractivity contribution in [2.24, 2.45) is 0 Å². The molecular formula is C8H16O5. The molecule has 0 aliphatic carbocycles. The monoisotopic (exact) mass is 192 g/mol. The van der Waals surface area contributed by atoms with Gasteiger partial charge in [-0.25, -0.2) is 0 Å². The van der Waals surface area contributed by atoms with E-state index in [9.17, 15) is 10.2 Å². The Morgan fingerprint density at radius 3 is 2.15 bits per heavy atom. The first kappa shape index (κ1) is 10.9. The summed E-state index contributed by atoms with van der Waals surface area (Å²) >= 11 is 0. The van der Waals surface area contributed by atoms with Crippen molar-refractivity contribution >= 4 is 0 Å². The van der Waals surface area contributed by atoms with Gasteiger partial charge in [-0.15, -0.1) is 0 Å². The Kier molecular flexibility index (Phi) is 3.63. The highest BCUT2D eigenvalue weighted by Gasteiger charge is 2.43. The summed E-state index contributed by atoms with van der Waals surface area (Å²) in [6, 6.07) is 0. The van der Waals surface area contributed by atoms with Crippen molar-refractivity contribution in [1.29, 1.82) is 0 Å². The first-order valence-electron chi connectivity index (χ1n) is 4.19. The third kappa shape index (κ3) is 2.00. The maximum absolute atomic E-state index is 9.57. The van der Waals surface area contributed by atoms with Crippen LogP contribution in [0.25, 0.3) is 0 Å². The fraction of sp³-hybridized carbons (Fsp3) is 1.00. The van der Waals surface area contributed by atoms with E-state index < -0.39 is 30.7 Å². The van der Waals surface area contributed by atoms with Crippen LogP contribution in [0.5, 0.6) is 0 Å². The number of hydrogen-bond donors (Lipinski definition) is 2. The zero-order valence-corrected chi connectivity index (χ0v) is 8.01. The summed E-state index contributed by atoms with van der Waals surface area (Å²) in [5.41, 5.74) is 0. The van der Waals surface area contributed by atoms with E-state index in [-0.39, 0.29) is 0 Å². The molecule has 1 aliphatic heterocycles. The molecule has 2 N–H and O–H groups in total. The van der Waals surface area contributed by atoms with E-state index in [1.54, 1.807) is 6.92 Å². The Morgan fingerprint density at radius 1 is 1.08 bits per heavy atom. The van der Waals surface area contributed by atoms with Gasteiger partial charge in [0.05, 0.1) is 6.10 Å². The Balaban J connectivity index is 2.69. The molecule has 5 nitrogen and oxygen atoms in total. The van der Waals surface area contributed by atoms with E-state index in [2.05, 4.69) is 0 Å². The fourth-order valence-electron chi connectivity index (χ4n) is 1.44. The number of methoxy groups -OCH3 is 2. The van der Waals surface area contributed by atoms with Crippen LogP contribution in [-0.4, -0.2) is 55.1 Å². The molecule has 1 fully saturated rings. The van der Waals surface area contributed by atoms with Crippen LogP contribution < -0.4 is 0 Å². The molecule has 0 amide bonds. The van der Waals surface area contributed by atoms with Gasteiger partial charge in [-0.3, -0.25) is 0 Å². The predicted octanol–water partition coefficient (Wildman–Crippen LogP) is -0.886. The zero-order chi connectivity index (χ0) is 10.0. The molecule has 0 bridgehead atoms. The maximum atomic E-state index is 9.57. The van der Waals surface area contributed by atoms with Crippen molar-refractivity contribution in [2.75, 3.05) is 14.2 Å². The zero-order valence-electron chi connectivity index (χ0n) is 8.01. The number of aliphatic hydroxyl groups excluding tert-OH is 2. The molecule has 13 heavy (non-hydrogen) atoms. The summed E-state index contributed by atoms with van der Waals surface area (Å²) in [6.45, 7) is 1.67. The van der Waals surface area contributed by atoms with Crippen LogP contribution in [0.4, 0.5) is 0 Å². The van der Waals surface area contributed by atoms with Gasteiger partial charge in [0.15, 0.2) is 6.29 Å². The number of rotatable bonds is 2. The average Bonchev–Trinajstić information content (AvgIpc) is 2.13. The molecule has 1 rings (SSSR count). The normalized spacial score (nSPS) is 46.4. The summed E-state index contributed by atoms with van der Waals surface area (Å²) in [7, 11) is 2.90. The molecule has 0 radical (unpaired) electrons. The second-order valence-corrected chi connectivity index (χ2v) is 3.13. The van der Waals surface area contributed by atoms with Crippen molar-refractivity contribution in [3.05, 3.63) is 0 Å². The number of hydrogen-bond acceptors (Lipinski definition) is 5. The summed E-state index contributed by atoms with van der Waals surface area (Å²) in [6.07, 6.45) is -3.63.